The highest BCUT2D eigenvalue weighted by Gasteiger charge is 2.50. The van der Waals surface area contributed by atoms with Gasteiger partial charge in [-0.1, -0.05) is 0 Å². The zero-order valence-electron chi connectivity index (χ0n) is 18.7. The number of piperidine rings is 1. The van der Waals surface area contributed by atoms with Crippen molar-refractivity contribution >= 4 is 22.8 Å². The molecule has 4 heterocycles. The highest BCUT2D eigenvalue weighted by molar-refractivity contribution is 5.97. The molecule has 174 valence electrons. The van der Waals surface area contributed by atoms with Crippen LogP contribution in [0.15, 0.2) is 35.3 Å². The number of nitrogens with one attached hydrogen (secondary N) is 1. The molecule has 1 amide bonds. The molecule has 2 atom stereocenters. The van der Waals surface area contributed by atoms with Gasteiger partial charge in [0.2, 0.25) is 0 Å². The van der Waals surface area contributed by atoms with Crippen LogP contribution in [0.5, 0.6) is 0 Å². The van der Waals surface area contributed by atoms with E-state index >= 15 is 0 Å². The third-order valence-corrected chi connectivity index (χ3v) is 6.94. The predicted molar refractivity (Wildman–Crippen MR) is 122 cm³/mol. The number of ether oxygens (including phenoxy) is 1. The van der Waals surface area contributed by atoms with Gasteiger partial charge in [0, 0.05) is 31.3 Å². The first-order valence-corrected chi connectivity index (χ1v) is 11.1. The molecule has 0 saturated carbocycles. The summed E-state index contributed by atoms with van der Waals surface area (Å²) in [4.78, 5) is 38.5. The van der Waals surface area contributed by atoms with E-state index < -0.39 is 22.9 Å². The maximum Gasteiger partial charge on any atom is 0.349 e. The number of aryl methyl sites for hydroxylation is 1. The number of nitrogens with two attached hydrogens (primary N) is 1. The molecule has 33 heavy (non-hydrogen) atoms. The molecule has 2 aliphatic heterocycles. The lowest BCUT2D eigenvalue weighted by Gasteiger charge is -2.51. The van der Waals surface area contributed by atoms with Crippen molar-refractivity contribution in [2.45, 2.75) is 50.4 Å². The van der Waals surface area contributed by atoms with Crippen LogP contribution in [0.2, 0.25) is 0 Å². The van der Waals surface area contributed by atoms with Crippen molar-refractivity contribution in [3.63, 3.8) is 0 Å². The Bertz CT molecular complexity index is 1270. The topological polar surface area (TPSA) is 139 Å². The molecule has 10 nitrogen and oxygen atoms in total. The second kappa shape index (κ2) is 7.67. The van der Waals surface area contributed by atoms with Crippen LogP contribution in [0.3, 0.4) is 0 Å². The summed E-state index contributed by atoms with van der Waals surface area (Å²) in [5, 5.41) is 11.3. The van der Waals surface area contributed by atoms with Crippen molar-refractivity contribution in [3.8, 4) is 0 Å². The Labute approximate surface area is 190 Å². The number of H-pyrrole nitrogens is 1. The Morgan fingerprint density at radius 3 is 2.73 bits per heavy atom. The molecule has 0 aliphatic carbocycles. The van der Waals surface area contributed by atoms with Gasteiger partial charge in [0.1, 0.15) is 11.6 Å². The van der Waals surface area contributed by atoms with Gasteiger partial charge in [-0.2, -0.15) is 4.98 Å². The number of hydrogen-bond donors (Lipinski definition) is 3. The first-order chi connectivity index (χ1) is 15.7. The third kappa shape index (κ3) is 3.89. The summed E-state index contributed by atoms with van der Waals surface area (Å²) in [5.74, 6) is 0.924. The van der Waals surface area contributed by atoms with E-state index in [2.05, 4.69) is 15.0 Å². The van der Waals surface area contributed by atoms with E-state index in [9.17, 15) is 14.7 Å². The van der Waals surface area contributed by atoms with E-state index in [1.165, 1.54) is 10.6 Å². The lowest BCUT2D eigenvalue weighted by atomic mass is 9.75. The number of carbonyl (C=O) groups is 1. The third-order valence-electron chi connectivity index (χ3n) is 6.94. The van der Waals surface area contributed by atoms with Crippen LogP contribution in [-0.2, 0) is 4.74 Å². The quantitative estimate of drug-likeness (QED) is 0.534. The predicted octanol–water partition coefficient (Wildman–Crippen LogP) is 1.40. The Balaban J connectivity index is 1.28. The molecular formula is C23H28N6O4. The molecule has 2 saturated heterocycles. The summed E-state index contributed by atoms with van der Waals surface area (Å²) < 4.78 is 7.64. The number of carbonyl (C=O) groups excluding carboxylic acids is 1. The van der Waals surface area contributed by atoms with Gasteiger partial charge in [0.25, 0.3) is 5.91 Å². The number of aliphatic hydroxyl groups is 1. The van der Waals surface area contributed by atoms with Gasteiger partial charge in [0.05, 0.1) is 34.9 Å². The van der Waals surface area contributed by atoms with Gasteiger partial charge in [-0.25, -0.2) is 9.78 Å². The number of fused-ring (bicyclic) bond motifs is 1. The molecule has 5 rings (SSSR count). The zero-order valence-corrected chi connectivity index (χ0v) is 18.7. The van der Waals surface area contributed by atoms with Crippen LogP contribution in [-0.4, -0.2) is 66.3 Å². The fourth-order valence-electron chi connectivity index (χ4n) is 5.19. The van der Waals surface area contributed by atoms with Crippen LogP contribution < -0.4 is 11.4 Å². The van der Waals surface area contributed by atoms with E-state index in [1.807, 2.05) is 24.0 Å². The van der Waals surface area contributed by atoms with Crippen molar-refractivity contribution in [2.75, 3.05) is 25.4 Å². The van der Waals surface area contributed by atoms with E-state index in [-0.39, 0.29) is 18.3 Å². The van der Waals surface area contributed by atoms with E-state index in [0.717, 1.165) is 16.9 Å². The molecule has 2 fully saturated rings. The molecule has 2 aromatic heterocycles. The fraction of sp³-hybridized carbons (Fsp3) is 0.478. The minimum absolute atomic E-state index is 0.0287. The Morgan fingerprint density at radius 1 is 1.27 bits per heavy atom. The molecule has 3 aromatic rings. The normalized spacial score (nSPS) is 24.9. The van der Waals surface area contributed by atoms with Crippen LogP contribution in [0, 0.1) is 6.92 Å². The number of benzene rings is 1. The molecule has 4 N–H and O–H groups in total. The molecule has 1 spiro atoms. The molecule has 0 bridgehead atoms. The van der Waals surface area contributed by atoms with Crippen molar-refractivity contribution in [3.05, 3.63) is 52.3 Å². The monoisotopic (exact) mass is 452 g/mol. The van der Waals surface area contributed by atoms with Crippen LogP contribution >= 0.6 is 0 Å². The van der Waals surface area contributed by atoms with E-state index in [4.69, 9.17) is 10.5 Å². The zero-order chi connectivity index (χ0) is 23.4. The lowest BCUT2D eigenvalue weighted by molar-refractivity contribution is -0.195. The molecule has 10 heteroatoms. The van der Waals surface area contributed by atoms with Crippen LogP contribution in [0.4, 0.5) is 5.82 Å². The van der Waals surface area contributed by atoms with Crippen molar-refractivity contribution in [1.82, 2.24) is 24.4 Å². The highest BCUT2D eigenvalue weighted by Crippen LogP contribution is 2.43. The standard InChI is InChI=1S/C23H28N6O4/c1-14-25-16-4-3-15(11-17(16)26-14)20(30)28-9-6-23(7-10-28)13-22(2,32)18(12-33-23)29-8-5-19(24)27-21(29)31/h3-5,8,11,18,32H,6-7,9-10,12-13H2,1-2H3,(H,25,26)(H2,24,27,31)/t18-,22-/m1/s1. The van der Waals surface area contributed by atoms with E-state index in [0.29, 0.717) is 37.9 Å². The van der Waals surface area contributed by atoms with Crippen molar-refractivity contribution in [2.24, 2.45) is 0 Å². The number of nitrogens with zero attached hydrogens (tertiary/aromatic N) is 4. The van der Waals surface area contributed by atoms with Gasteiger partial charge >= 0.3 is 5.69 Å². The molecule has 1 aromatic carbocycles. The minimum atomic E-state index is -1.17. The first-order valence-electron chi connectivity index (χ1n) is 11.1. The van der Waals surface area contributed by atoms with Gasteiger partial charge in [-0.3, -0.25) is 9.36 Å². The Morgan fingerprint density at radius 2 is 2.03 bits per heavy atom. The maximum absolute atomic E-state index is 13.1. The number of aromatic amines is 1. The SMILES string of the molecule is Cc1nc2ccc(C(=O)N3CCC4(CC3)C[C@@](C)(O)[C@H](n3ccc(N)nc3=O)CO4)cc2[nH]1. The maximum atomic E-state index is 13.1. The second-order valence-electron chi connectivity index (χ2n) is 9.43. The Kier molecular flexibility index (Phi) is 5.02. The number of aromatic nitrogens is 4. The Hall–Kier alpha value is -3.24. The first kappa shape index (κ1) is 21.6. The molecule has 0 unspecified atom stereocenters. The van der Waals surface area contributed by atoms with Crippen molar-refractivity contribution < 1.29 is 14.6 Å². The highest BCUT2D eigenvalue weighted by atomic mass is 16.5. The van der Waals surface area contributed by atoms with Gasteiger partial charge in [0.15, 0.2) is 0 Å². The van der Waals surface area contributed by atoms with Gasteiger partial charge < -0.3 is 25.5 Å². The van der Waals surface area contributed by atoms with Gasteiger partial charge in [-0.15, -0.1) is 0 Å². The number of anilines is 1. The summed E-state index contributed by atoms with van der Waals surface area (Å²) in [5.41, 5.74) is 5.67. The summed E-state index contributed by atoms with van der Waals surface area (Å²) >= 11 is 0. The molecule has 2 aliphatic rings. The molecule has 0 radical (unpaired) electrons. The number of nitrogen functional groups attached to an aromatic ring is 1. The number of imidazole rings is 1. The second-order valence-corrected chi connectivity index (χ2v) is 9.43. The van der Waals surface area contributed by atoms with Crippen LogP contribution in [0.1, 0.15) is 48.4 Å². The summed E-state index contributed by atoms with van der Waals surface area (Å²) in [7, 11) is 0. The number of rotatable bonds is 2. The van der Waals surface area contributed by atoms with Crippen molar-refractivity contribution in [1.29, 1.82) is 0 Å². The summed E-state index contributed by atoms with van der Waals surface area (Å²) in [6.07, 6.45) is 3.14. The number of likely N-dealkylation sites (tertiary alicyclic amines) is 1. The van der Waals surface area contributed by atoms with Crippen LogP contribution in [0.25, 0.3) is 11.0 Å². The lowest BCUT2D eigenvalue weighted by Crippen LogP contribution is -2.59. The van der Waals surface area contributed by atoms with Gasteiger partial charge in [-0.05, 0) is 51.0 Å². The average molecular weight is 453 g/mol. The smallest absolute Gasteiger partial charge is 0.349 e. The summed E-state index contributed by atoms with van der Waals surface area (Å²) in [6, 6.07) is 6.47. The largest absolute Gasteiger partial charge is 0.388 e. The van der Waals surface area contributed by atoms with E-state index in [1.54, 1.807) is 19.2 Å². The number of hydrogen-bond acceptors (Lipinski definition) is 7. The number of amides is 1. The fourth-order valence-corrected chi connectivity index (χ4v) is 5.19. The molecular weight excluding hydrogens is 424 g/mol. The minimum Gasteiger partial charge on any atom is -0.388 e. The average Bonchev–Trinajstić information content (AvgIpc) is 3.13. The summed E-state index contributed by atoms with van der Waals surface area (Å²) in [6.45, 7) is 4.85.